The molecule has 0 aliphatic carbocycles. The average molecular weight is 417 g/mol. The van der Waals surface area contributed by atoms with E-state index in [9.17, 15) is 10.1 Å². The third-order valence-electron chi connectivity index (χ3n) is 4.24. The number of nitrogens with zero attached hydrogens (tertiary/aromatic N) is 3. The van der Waals surface area contributed by atoms with Crippen molar-refractivity contribution in [3.05, 3.63) is 80.8 Å². The zero-order valence-corrected chi connectivity index (χ0v) is 15.9. The van der Waals surface area contributed by atoms with Gasteiger partial charge in [0.15, 0.2) is 5.43 Å². The van der Waals surface area contributed by atoms with Crippen LogP contribution in [0.1, 0.15) is 11.3 Å². The Balaban J connectivity index is 2.09. The van der Waals surface area contributed by atoms with Gasteiger partial charge in [0.1, 0.15) is 10.3 Å². The maximum Gasteiger partial charge on any atom is 0.191 e. The Labute approximate surface area is 163 Å². The van der Waals surface area contributed by atoms with Crippen LogP contribution in [-0.2, 0) is 0 Å². The SMILES string of the molecule is Cc1cc(-c2cc3c(=O)cc[nH]c3nc2-c2cccc(C#N)c2)cc(Br)n1. The normalized spacial score (nSPS) is 10.7. The predicted octanol–water partition coefficient (Wildman–Crippen LogP) is 4.59. The van der Waals surface area contributed by atoms with Gasteiger partial charge in [-0.25, -0.2) is 9.97 Å². The summed E-state index contributed by atoms with van der Waals surface area (Å²) in [5.41, 5.74) is 5.00. The van der Waals surface area contributed by atoms with E-state index in [-0.39, 0.29) is 5.43 Å². The molecule has 1 N–H and O–H groups in total. The van der Waals surface area contributed by atoms with E-state index in [2.05, 4.69) is 32.0 Å². The zero-order valence-electron chi connectivity index (χ0n) is 14.3. The van der Waals surface area contributed by atoms with Crippen molar-refractivity contribution >= 4 is 27.0 Å². The molecule has 0 saturated heterocycles. The van der Waals surface area contributed by atoms with Crippen molar-refractivity contribution in [3.8, 4) is 28.5 Å². The van der Waals surface area contributed by atoms with Gasteiger partial charge in [0.05, 0.1) is 22.7 Å². The van der Waals surface area contributed by atoms with Gasteiger partial charge in [-0.3, -0.25) is 4.79 Å². The quantitative estimate of drug-likeness (QED) is 0.484. The summed E-state index contributed by atoms with van der Waals surface area (Å²) in [5, 5.41) is 9.76. The fourth-order valence-corrected chi connectivity index (χ4v) is 3.58. The molecule has 27 heavy (non-hydrogen) atoms. The molecule has 3 aromatic heterocycles. The summed E-state index contributed by atoms with van der Waals surface area (Å²) in [6.45, 7) is 1.91. The number of benzene rings is 1. The van der Waals surface area contributed by atoms with Crippen LogP contribution in [0.5, 0.6) is 0 Å². The highest BCUT2D eigenvalue weighted by Gasteiger charge is 2.14. The highest BCUT2D eigenvalue weighted by molar-refractivity contribution is 9.10. The van der Waals surface area contributed by atoms with Crippen molar-refractivity contribution in [3.63, 3.8) is 0 Å². The van der Waals surface area contributed by atoms with E-state index in [4.69, 9.17) is 4.98 Å². The number of nitriles is 1. The van der Waals surface area contributed by atoms with E-state index in [0.717, 1.165) is 22.4 Å². The number of aryl methyl sites for hydroxylation is 1. The molecule has 0 bridgehead atoms. The number of aromatic amines is 1. The summed E-state index contributed by atoms with van der Waals surface area (Å²) in [7, 11) is 0. The molecule has 5 nitrogen and oxygen atoms in total. The second kappa shape index (κ2) is 6.78. The second-order valence-electron chi connectivity index (χ2n) is 6.14. The van der Waals surface area contributed by atoms with Gasteiger partial charge < -0.3 is 4.98 Å². The maximum atomic E-state index is 12.3. The van der Waals surface area contributed by atoms with Crippen molar-refractivity contribution in [2.75, 3.05) is 0 Å². The number of fused-ring (bicyclic) bond motifs is 1. The van der Waals surface area contributed by atoms with Crippen molar-refractivity contribution in [2.24, 2.45) is 0 Å². The third kappa shape index (κ3) is 3.25. The van der Waals surface area contributed by atoms with Crippen LogP contribution in [0.2, 0.25) is 0 Å². The minimum Gasteiger partial charge on any atom is -0.346 e. The molecule has 0 fully saturated rings. The van der Waals surface area contributed by atoms with E-state index >= 15 is 0 Å². The number of pyridine rings is 3. The summed E-state index contributed by atoms with van der Waals surface area (Å²) < 4.78 is 0.705. The number of nitrogens with one attached hydrogen (secondary N) is 1. The van der Waals surface area contributed by atoms with Crippen molar-refractivity contribution in [1.29, 1.82) is 5.26 Å². The number of halogens is 1. The summed E-state index contributed by atoms with van der Waals surface area (Å²) in [5.74, 6) is 0. The first-order valence-electron chi connectivity index (χ1n) is 8.23. The third-order valence-corrected chi connectivity index (χ3v) is 4.65. The Morgan fingerprint density at radius 2 is 1.93 bits per heavy atom. The molecule has 3 heterocycles. The van der Waals surface area contributed by atoms with E-state index in [1.165, 1.54) is 6.07 Å². The highest BCUT2D eigenvalue weighted by Crippen LogP contribution is 2.33. The smallest absolute Gasteiger partial charge is 0.191 e. The average Bonchev–Trinajstić information content (AvgIpc) is 2.67. The molecule has 0 spiro atoms. The number of rotatable bonds is 2. The van der Waals surface area contributed by atoms with Gasteiger partial charge in [0.2, 0.25) is 0 Å². The Bertz CT molecular complexity index is 1270. The zero-order chi connectivity index (χ0) is 19.0. The summed E-state index contributed by atoms with van der Waals surface area (Å²) >= 11 is 3.44. The van der Waals surface area contributed by atoms with Crippen molar-refractivity contribution < 1.29 is 0 Å². The van der Waals surface area contributed by atoms with Crippen LogP contribution in [0.25, 0.3) is 33.4 Å². The molecule has 0 saturated carbocycles. The fourth-order valence-electron chi connectivity index (χ4n) is 3.06. The standard InChI is InChI=1S/C21H13BrN4O/c1-12-7-15(9-19(22)25-12)16-10-17-18(27)5-6-24-21(17)26-20(16)14-4-2-3-13(8-14)11-23/h2-10H,1H3,(H,24,26,27). The second-order valence-corrected chi connectivity index (χ2v) is 6.95. The maximum absolute atomic E-state index is 12.3. The lowest BCUT2D eigenvalue weighted by molar-refractivity contribution is 1.17. The number of aromatic nitrogens is 3. The predicted molar refractivity (Wildman–Crippen MR) is 108 cm³/mol. The van der Waals surface area contributed by atoms with E-state index in [0.29, 0.717) is 26.9 Å². The molecular formula is C21H13BrN4O. The minimum atomic E-state index is -0.0975. The first kappa shape index (κ1) is 17.1. The first-order valence-corrected chi connectivity index (χ1v) is 9.02. The van der Waals surface area contributed by atoms with Crippen molar-refractivity contribution in [1.82, 2.24) is 15.0 Å². The topological polar surface area (TPSA) is 82.4 Å². The van der Waals surface area contributed by atoms with Crippen LogP contribution in [-0.4, -0.2) is 15.0 Å². The number of hydrogen-bond acceptors (Lipinski definition) is 4. The monoisotopic (exact) mass is 416 g/mol. The van der Waals surface area contributed by atoms with E-state index in [1.807, 2.05) is 37.3 Å². The number of hydrogen-bond donors (Lipinski definition) is 1. The Morgan fingerprint density at radius 1 is 1.07 bits per heavy atom. The molecule has 0 aliphatic heterocycles. The molecule has 1 aromatic carbocycles. The lowest BCUT2D eigenvalue weighted by Crippen LogP contribution is -2.03. The van der Waals surface area contributed by atoms with Crippen molar-refractivity contribution in [2.45, 2.75) is 6.92 Å². The van der Waals surface area contributed by atoms with Gasteiger partial charge in [-0.05, 0) is 58.7 Å². The molecule has 130 valence electrons. The van der Waals surface area contributed by atoms with Gasteiger partial charge in [0, 0.05) is 29.1 Å². The van der Waals surface area contributed by atoms with Gasteiger partial charge in [-0.2, -0.15) is 5.26 Å². The molecule has 0 aliphatic rings. The van der Waals surface area contributed by atoms with Crippen LogP contribution in [0.15, 0.2) is 64.1 Å². The lowest BCUT2D eigenvalue weighted by Gasteiger charge is -2.12. The van der Waals surface area contributed by atoms with E-state index < -0.39 is 0 Å². The minimum absolute atomic E-state index is 0.0975. The molecule has 0 amide bonds. The highest BCUT2D eigenvalue weighted by atomic mass is 79.9. The molecule has 0 atom stereocenters. The largest absolute Gasteiger partial charge is 0.346 e. The first-order chi connectivity index (χ1) is 13.0. The molecule has 6 heteroatoms. The van der Waals surface area contributed by atoms with Crippen LogP contribution >= 0.6 is 15.9 Å². The molecule has 0 radical (unpaired) electrons. The van der Waals surface area contributed by atoms with Crippen LogP contribution in [0.3, 0.4) is 0 Å². The summed E-state index contributed by atoms with van der Waals surface area (Å²) in [6, 6.07) is 16.6. The summed E-state index contributed by atoms with van der Waals surface area (Å²) in [4.78, 5) is 24.4. The van der Waals surface area contributed by atoms with Gasteiger partial charge in [-0.1, -0.05) is 12.1 Å². The fraction of sp³-hybridized carbons (Fsp3) is 0.0476. The van der Waals surface area contributed by atoms with Gasteiger partial charge >= 0.3 is 0 Å². The molecule has 4 aromatic rings. The Morgan fingerprint density at radius 3 is 2.70 bits per heavy atom. The van der Waals surface area contributed by atoms with E-state index in [1.54, 1.807) is 18.3 Å². The van der Waals surface area contributed by atoms with Gasteiger partial charge in [-0.15, -0.1) is 0 Å². The lowest BCUT2D eigenvalue weighted by atomic mass is 9.97. The Hall–Kier alpha value is -3.30. The number of H-pyrrole nitrogens is 1. The van der Waals surface area contributed by atoms with Crippen LogP contribution in [0.4, 0.5) is 0 Å². The van der Waals surface area contributed by atoms with Gasteiger partial charge in [0.25, 0.3) is 0 Å². The Kier molecular flexibility index (Phi) is 4.30. The summed E-state index contributed by atoms with van der Waals surface area (Å²) in [6.07, 6.45) is 1.58. The van der Waals surface area contributed by atoms with Crippen LogP contribution < -0.4 is 5.43 Å². The molecule has 0 unspecified atom stereocenters. The molecular weight excluding hydrogens is 404 g/mol. The molecule has 4 rings (SSSR count). The van der Waals surface area contributed by atoms with Crippen LogP contribution in [0, 0.1) is 18.3 Å².